The van der Waals surface area contributed by atoms with E-state index in [0.29, 0.717) is 19.3 Å². The van der Waals surface area contributed by atoms with E-state index in [2.05, 4.69) is 69.4 Å². The molecule has 0 radical (unpaired) electrons. The third-order valence-electron chi connectivity index (χ3n) is 11.9. The largest absolute Gasteiger partial charge is 0.472 e. The van der Waals surface area contributed by atoms with Crippen LogP contribution >= 0.6 is 7.82 Å². The maximum Gasteiger partial charge on any atom is 0.472 e. The summed E-state index contributed by atoms with van der Waals surface area (Å²) in [6, 6.07) is 0. The van der Waals surface area contributed by atoms with Gasteiger partial charge in [0.1, 0.15) is 12.7 Å². The molecule has 0 rings (SSSR count). The van der Waals surface area contributed by atoms with Crippen molar-refractivity contribution < 1.29 is 52.2 Å². The number of rotatable bonds is 52. The smallest absolute Gasteiger partial charge is 0.462 e. The molecule has 2 N–H and O–H groups in total. The van der Waals surface area contributed by atoms with E-state index in [-0.39, 0.29) is 25.9 Å². The lowest BCUT2D eigenvalue weighted by molar-refractivity contribution is -0.161. The average molecular weight is 1010 g/mol. The van der Waals surface area contributed by atoms with Crippen LogP contribution in [0, 0.1) is 0 Å². The summed E-state index contributed by atoms with van der Waals surface area (Å²) in [5.41, 5.74) is 0. The van der Waals surface area contributed by atoms with Crippen LogP contribution in [-0.4, -0.2) is 66.5 Å². The molecule has 0 amide bonds. The van der Waals surface area contributed by atoms with E-state index in [1.807, 2.05) is 12.2 Å². The number of phosphoric ester groups is 1. The number of carbonyl (C=O) groups is 3. The van der Waals surface area contributed by atoms with Gasteiger partial charge in [-0.15, -0.1) is 0 Å². The summed E-state index contributed by atoms with van der Waals surface area (Å²) in [4.78, 5) is 48.4. The van der Waals surface area contributed by atoms with Crippen LogP contribution in [0.25, 0.3) is 0 Å². The second-order valence-electron chi connectivity index (χ2n) is 18.7. The zero-order valence-electron chi connectivity index (χ0n) is 44.7. The second-order valence-corrected chi connectivity index (χ2v) is 20.2. The van der Waals surface area contributed by atoms with Gasteiger partial charge in [-0.2, -0.15) is 0 Å². The molecule has 0 aliphatic rings. The van der Waals surface area contributed by atoms with E-state index in [9.17, 15) is 28.9 Å². The molecule has 3 unspecified atom stereocenters. The summed E-state index contributed by atoms with van der Waals surface area (Å²) in [6.07, 6.45) is 56.3. The predicted octanol–water partition coefficient (Wildman–Crippen LogP) is 16.4. The van der Waals surface area contributed by atoms with Crippen molar-refractivity contribution in [3.8, 4) is 0 Å². The van der Waals surface area contributed by atoms with Gasteiger partial charge >= 0.3 is 25.7 Å². The molecule has 12 heteroatoms. The fourth-order valence-corrected chi connectivity index (χ4v) is 8.44. The van der Waals surface area contributed by atoms with E-state index >= 15 is 0 Å². The monoisotopic (exact) mass is 1010 g/mol. The Morgan fingerprint density at radius 3 is 1.20 bits per heavy atom. The number of aliphatic hydroxyl groups is 1. The van der Waals surface area contributed by atoms with Crippen LogP contribution < -0.4 is 0 Å². The van der Waals surface area contributed by atoms with Crippen LogP contribution in [0.15, 0.2) is 60.8 Å². The average Bonchev–Trinajstić information content (AvgIpc) is 3.35. The first-order valence-electron chi connectivity index (χ1n) is 28.2. The molecule has 0 aromatic carbocycles. The first-order valence-corrected chi connectivity index (χ1v) is 29.7. The number of unbranched alkanes of at least 4 members (excludes halogenated alkanes) is 25. The zero-order valence-corrected chi connectivity index (χ0v) is 45.6. The highest BCUT2D eigenvalue weighted by Gasteiger charge is 2.28. The Balaban J connectivity index is 4.78. The lowest BCUT2D eigenvalue weighted by atomic mass is 10.0. The Morgan fingerprint density at radius 2 is 0.771 bits per heavy atom. The number of hydrogen-bond donors (Lipinski definition) is 2. The maximum absolute atomic E-state index is 12.9. The Morgan fingerprint density at radius 1 is 0.414 bits per heavy atom. The number of carbonyl (C=O) groups excluding carboxylic acids is 3. The van der Waals surface area contributed by atoms with Crippen molar-refractivity contribution in [3.63, 3.8) is 0 Å². The minimum atomic E-state index is -4.76. The first kappa shape index (κ1) is 67.2. The van der Waals surface area contributed by atoms with Gasteiger partial charge in [0.15, 0.2) is 6.10 Å². The zero-order chi connectivity index (χ0) is 51.3. The van der Waals surface area contributed by atoms with Gasteiger partial charge in [-0.05, 0) is 70.6 Å². The fourth-order valence-electron chi connectivity index (χ4n) is 7.66. The van der Waals surface area contributed by atoms with Gasteiger partial charge in [0, 0.05) is 19.3 Å². The Kier molecular flexibility index (Phi) is 50.4. The van der Waals surface area contributed by atoms with Crippen molar-refractivity contribution in [1.29, 1.82) is 0 Å². The number of aliphatic hydroxyl groups excluding tert-OH is 1. The minimum Gasteiger partial charge on any atom is -0.462 e. The summed E-state index contributed by atoms with van der Waals surface area (Å²) in [5, 5.41) is 9.79. The molecule has 11 nitrogen and oxygen atoms in total. The number of ether oxygens (including phenoxy) is 3. The molecule has 0 aliphatic carbocycles. The SMILES string of the molecule is CC/C=C\C/C=C\C/C=C\C/C=C\CCC(=O)OCC(COP(=O)(O)OCC(CO)OC(=O)CCCCCCCCCCCCCCC)OC(=O)CCCCCCCCC/C=C\CCCCCCCC. The molecule has 3 atom stereocenters. The van der Waals surface area contributed by atoms with Gasteiger partial charge in [0.2, 0.25) is 0 Å². The van der Waals surface area contributed by atoms with Crippen molar-refractivity contribution in [2.45, 2.75) is 264 Å². The van der Waals surface area contributed by atoms with Crippen molar-refractivity contribution in [2.75, 3.05) is 26.4 Å². The quantitative estimate of drug-likeness (QED) is 0.0197. The van der Waals surface area contributed by atoms with Crippen LogP contribution in [0.1, 0.15) is 252 Å². The molecule has 0 saturated heterocycles. The van der Waals surface area contributed by atoms with Gasteiger partial charge in [0.25, 0.3) is 0 Å². The number of hydrogen-bond acceptors (Lipinski definition) is 10. The molecule has 0 aromatic heterocycles. The first-order chi connectivity index (χ1) is 34.2. The highest BCUT2D eigenvalue weighted by Crippen LogP contribution is 2.43. The summed E-state index contributed by atoms with van der Waals surface area (Å²) < 4.78 is 39.4. The molecule has 0 saturated carbocycles. The molecule has 70 heavy (non-hydrogen) atoms. The van der Waals surface area contributed by atoms with Gasteiger partial charge in [-0.25, -0.2) is 4.57 Å². The molecule has 0 bridgehead atoms. The third kappa shape index (κ3) is 50.1. The second kappa shape index (κ2) is 52.5. The standard InChI is InChI=1S/C58H103O11P/c1-4-7-10-13-16-19-22-25-26-27-28-31-34-37-40-43-46-49-58(62)69-55(51-65-56(60)47-44-41-38-35-32-29-23-20-17-14-11-8-5-2)53-67-70(63,64)66-52-54(50-59)68-57(61)48-45-42-39-36-33-30-24-21-18-15-12-9-6-3/h8,11,17,20,25-26,29,32,38,41,54-55,59H,4-7,9-10,12-16,18-19,21-24,27-28,30-31,33-37,39-40,42-53H2,1-3H3,(H,63,64)/b11-8-,20-17-,26-25-,32-29-,41-38-. The number of phosphoric acid groups is 1. The van der Waals surface area contributed by atoms with Crippen LogP contribution in [0.3, 0.4) is 0 Å². The molecule has 0 fully saturated rings. The van der Waals surface area contributed by atoms with Gasteiger partial charge in [0.05, 0.1) is 19.8 Å². The van der Waals surface area contributed by atoms with Crippen molar-refractivity contribution >= 4 is 25.7 Å². The van der Waals surface area contributed by atoms with Crippen molar-refractivity contribution in [1.82, 2.24) is 0 Å². The lowest BCUT2D eigenvalue weighted by Crippen LogP contribution is -2.30. The molecular formula is C58H103O11P. The lowest BCUT2D eigenvalue weighted by Gasteiger charge is -2.21. The molecule has 0 spiro atoms. The minimum absolute atomic E-state index is 0.105. The molecular weight excluding hydrogens is 904 g/mol. The highest BCUT2D eigenvalue weighted by molar-refractivity contribution is 7.47. The Labute approximate surface area is 427 Å². The van der Waals surface area contributed by atoms with Gasteiger partial charge in [-0.1, -0.05) is 223 Å². The summed E-state index contributed by atoms with van der Waals surface area (Å²) in [5.74, 6) is -1.56. The van der Waals surface area contributed by atoms with E-state index in [0.717, 1.165) is 77.0 Å². The molecule has 0 aromatic rings. The topological polar surface area (TPSA) is 155 Å². The highest BCUT2D eigenvalue weighted by atomic mass is 31.2. The number of esters is 3. The Bertz CT molecular complexity index is 1410. The summed E-state index contributed by atoms with van der Waals surface area (Å²) >= 11 is 0. The van der Waals surface area contributed by atoms with Gasteiger partial charge < -0.3 is 24.2 Å². The maximum atomic E-state index is 12.9. The molecule has 406 valence electrons. The van der Waals surface area contributed by atoms with E-state index in [1.165, 1.54) is 116 Å². The van der Waals surface area contributed by atoms with Crippen LogP contribution in [0.4, 0.5) is 0 Å². The summed E-state index contributed by atoms with van der Waals surface area (Å²) in [6.45, 7) is 4.45. The molecule has 0 heterocycles. The van der Waals surface area contributed by atoms with Crippen LogP contribution in [0.2, 0.25) is 0 Å². The predicted molar refractivity (Wildman–Crippen MR) is 288 cm³/mol. The number of allylic oxidation sites excluding steroid dienone is 10. The van der Waals surface area contributed by atoms with E-state index in [4.69, 9.17) is 23.3 Å². The van der Waals surface area contributed by atoms with Crippen molar-refractivity contribution in [2.24, 2.45) is 0 Å². The normalized spacial score (nSPS) is 13.8. The van der Waals surface area contributed by atoms with E-state index in [1.54, 1.807) is 0 Å². The van der Waals surface area contributed by atoms with E-state index < -0.39 is 57.8 Å². The van der Waals surface area contributed by atoms with Gasteiger partial charge in [-0.3, -0.25) is 23.4 Å². The Hall–Kier alpha value is -2.82. The van der Waals surface area contributed by atoms with Crippen molar-refractivity contribution in [3.05, 3.63) is 60.8 Å². The van der Waals surface area contributed by atoms with Crippen LogP contribution in [-0.2, 0) is 42.2 Å². The molecule has 0 aliphatic heterocycles. The van der Waals surface area contributed by atoms with Crippen LogP contribution in [0.5, 0.6) is 0 Å². The third-order valence-corrected chi connectivity index (χ3v) is 12.9. The fraction of sp³-hybridized carbons (Fsp3) is 0.776. The summed E-state index contributed by atoms with van der Waals surface area (Å²) in [7, 11) is -4.76.